The molecule has 0 N–H and O–H groups in total. The van der Waals surface area contributed by atoms with Gasteiger partial charge in [-0.2, -0.15) is 0 Å². The maximum Gasteiger partial charge on any atom is 0.254 e. The van der Waals surface area contributed by atoms with Crippen LogP contribution in [0.2, 0.25) is 0 Å². The van der Waals surface area contributed by atoms with Gasteiger partial charge in [-0.15, -0.1) is 0 Å². The van der Waals surface area contributed by atoms with E-state index in [9.17, 15) is 4.79 Å². The standard InChI is InChI=1S/C18H21N3O/c1-20(2)15-10-8-14(9-11-15)18(22)21-13-5-7-17(21)16-6-3-4-12-19-16/h3-4,6,8-12,17H,5,7,13H2,1-2H3. The molecule has 2 heterocycles. The number of benzene rings is 1. The number of nitrogens with zero attached hydrogens (tertiary/aromatic N) is 3. The molecular weight excluding hydrogens is 274 g/mol. The Bertz CT molecular complexity index is 637. The zero-order valence-electron chi connectivity index (χ0n) is 13.1. The fourth-order valence-electron chi connectivity index (χ4n) is 2.96. The molecule has 4 nitrogen and oxygen atoms in total. The van der Waals surface area contributed by atoms with E-state index in [2.05, 4.69) is 4.98 Å². The summed E-state index contributed by atoms with van der Waals surface area (Å²) >= 11 is 0. The largest absolute Gasteiger partial charge is 0.378 e. The summed E-state index contributed by atoms with van der Waals surface area (Å²) in [6, 6.07) is 13.8. The zero-order chi connectivity index (χ0) is 15.5. The topological polar surface area (TPSA) is 36.4 Å². The molecule has 1 atom stereocenters. The number of rotatable bonds is 3. The lowest BCUT2D eigenvalue weighted by atomic mass is 10.1. The van der Waals surface area contributed by atoms with E-state index >= 15 is 0 Å². The van der Waals surface area contributed by atoms with Crippen LogP contribution in [-0.2, 0) is 0 Å². The molecule has 0 aliphatic carbocycles. The maximum atomic E-state index is 12.8. The SMILES string of the molecule is CN(C)c1ccc(C(=O)N2CCCC2c2ccccn2)cc1. The van der Waals surface area contributed by atoms with Gasteiger partial charge in [0.15, 0.2) is 0 Å². The van der Waals surface area contributed by atoms with Crippen molar-refractivity contribution in [3.8, 4) is 0 Å². The number of likely N-dealkylation sites (tertiary alicyclic amines) is 1. The predicted octanol–water partition coefficient (Wildman–Crippen LogP) is 3.12. The van der Waals surface area contributed by atoms with Gasteiger partial charge in [-0.05, 0) is 49.2 Å². The van der Waals surface area contributed by atoms with Crippen molar-refractivity contribution in [1.82, 2.24) is 9.88 Å². The van der Waals surface area contributed by atoms with Gasteiger partial charge >= 0.3 is 0 Å². The van der Waals surface area contributed by atoms with Crippen LogP contribution in [0.5, 0.6) is 0 Å². The summed E-state index contributed by atoms with van der Waals surface area (Å²) in [5.74, 6) is 0.0958. The molecule has 1 amide bonds. The minimum Gasteiger partial charge on any atom is -0.378 e. The Morgan fingerprint density at radius 2 is 1.95 bits per heavy atom. The third kappa shape index (κ3) is 2.82. The molecule has 1 aliphatic rings. The zero-order valence-corrected chi connectivity index (χ0v) is 13.1. The van der Waals surface area contributed by atoms with Crippen molar-refractivity contribution in [1.29, 1.82) is 0 Å². The van der Waals surface area contributed by atoms with Gasteiger partial charge in [0.1, 0.15) is 0 Å². The molecule has 4 heteroatoms. The van der Waals surface area contributed by atoms with E-state index in [0.717, 1.165) is 36.3 Å². The lowest BCUT2D eigenvalue weighted by Gasteiger charge is -2.24. The van der Waals surface area contributed by atoms with Gasteiger partial charge in [-0.25, -0.2) is 0 Å². The number of pyridine rings is 1. The minimum absolute atomic E-state index is 0.0958. The van der Waals surface area contributed by atoms with Crippen molar-refractivity contribution in [2.45, 2.75) is 18.9 Å². The lowest BCUT2D eigenvalue weighted by Crippen LogP contribution is -2.31. The van der Waals surface area contributed by atoms with Gasteiger partial charge in [0.05, 0.1) is 11.7 Å². The first kappa shape index (κ1) is 14.6. The Hall–Kier alpha value is -2.36. The average molecular weight is 295 g/mol. The van der Waals surface area contributed by atoms with E-state index in [-0.39, 0.29) is 11.9 Å². The highest BCUT2D eigenvalue weighted by Crippen LogP contribution is 2.32. The molecule has 114 valence electrons. The van der Waals surface area contributed by atoms with Gasteiger partial charge in [0, 0.05) is 38.1 Å². The van der Waals surface area contributed by atoms with Gasteiger partial charge in [-0.3, -0.25) is 9.78 Å². The van der Waals surface area contributed by atoms with Crippen molar-refractivity contribution in [2.24, 2.45) is 0 Å². The van der Waals surface area contributed by atoms with Crippen LogP contribution in [0.1, 0.15) is 34.9 Å². The number of aromatic nitrogens is 1. The number of carbonyl (C=O) groups excluding carboxylic acids is 1. The first-order valence-corrected chi connectivity index (χ1v) is 7.66. The number of hydrogen-bond acceptors (Lipinski definition) is 3. The van der Waals surface area contributed by atoms with E-state index in [0.29, 0.717) is 0 Å². The van der Waals surface area contributed by atoms with Crippen LogP contribution in [0, 0.1) is 0 Å². The molecule has 3 rings (SSSR count). The fraction of sp³-hybridized carbons (Fsp3) is 0.333. The smallest absolute Gasteiger partial charge is 0.254 e. The monoisotopic (exact) mass is 295 g/mol. The van der Waals surface area contributed by atoms with Gasteiger partial charge in [0.2, 0.25) is 0 Å². The van der Waals surface area contributed by atoms with E-state index in [4.69, 9.17) is 0 Å². The first-order valence-electron chi connectivity index (χ1n) is 7.66. The van der Waals surface area contributed by atoms with Gasteiger partial charge in [-0.1, -0.05) is 6.07 Å². The molecular formula is C18H21N3O. The van der Waals surface area contributed by atoms with Crippen LogP contribution in [-0.4, -0.2) is 36.4 Å². The second-order valence-corrected chi connectivity index (χ2v) is 5.85. The summed E-state index contributed by atoms with van der Waals surface area (Å²) in [7, 11) is 3.99. The maximum absolute atomic E-state index is 12.8. The molecule has 1 aromatic carbocycles. The van der Waals surface area contributed by atoms with Crippen LogP contribution in [0.3, 0.4) is 0 Å². The highest BCUT2D eigenvalue weighted by Gasteiger charge is 2.31. The lowest BCUT2D eigenvalue weighted by molar-refractivity contribution is 0.0733. The van der Waals surface area contributed by atoms with Crippen LogP contribution in [0.25, 0.3) is 0 Å². The molecule has 0 spiro atoms. The third-order valence-electron chi connectivity index (χ3n) is 4.17. The van der Waals surface area contributed by atoms with Crippen molar-refractivity contribution in [3.63, 3.8) is 0 Å². The molecule has 1 aliphatic heterocycles. The summed E-state index contributed by atoms with van der Waals surface area (Å²) in [5, 5.41) is 0. The summed E-state index contributed by atoms with van der Waals surface area (Å²) in [6.45, 7) is 0.801. The summed E-state index contributed by atoms with van der Waals surface area (Å²) < 4.78 is 0. The molecule has 1 unspecified atom stereocenters. The fourth-order valence-corrected chi connectivity index (χ4v) is 2.96. The summed E-state index contributed by atoms with van der Waals surface area (Å²) in [5.41, 5.74) is 2.82. The first-order chi connectivity index (χ1) is 10.7. The Labute approximate surface area is 131 Å². The Morgan fingerprint density at radius 1 is 1.18 bits per heavy atom. The minimum atomic E-state index is 0.0958. The molecule has 1 fully saturated rings. The summed E-state index contributed by atoms with van der Waals surface area (Å²) in [4.78, 5) is 21.2. The van der Waals surface area contributed by atoms with Crippen LogP contribution >= 0.6 is 0 Å². The molecule has 1 saturated heterocycles. The molecule has 0 radical (unpaired) electrons. The van der Waals surface area contributed by atoms with Gasteiger partial charge < -0.3 is 9.80 Å². The van der Waals surface area contributed by atoms with Crippen LogP contribution < -0.4 is 4.90 Å². The third-order valence-corrected chi connectivity index (χ3v) is 4.17. The highest BCUT2D eigenvalue weighted by atomic mass is 16.2. The second kappa shape index (κ2) is 6.18. The molecule has 2 aromatic rings. The van der Waals surface area contributed by atoms with E-state index in [1.165, 1.54) is 0 Å². The molecule has 0 bridgehead atoms. The van der Waals surface area contributed by atoms with E-state index < -0.39 is 0 Å². The summed E-state index contributed by atoms with van der Waals surface area (Å²) in [6.07, 6.45) is 3.81. The normalized spacial score (nSPS) is 17.5. The number of carbonyl (C=O) groups is 1. The van der Waals surface area contributed by atoms with E-state index in [1.54, 1.807) is 6.20 Å². The highest BCUT2D eigenvalue weighted by molar-refractivity contribution is 5.95. The van der Waals surface area contributed by atoms with Crippen molar-refractivity contribution < 1.29 is 4.79 Å². The Morgan fingerprint density at radius 3 is 2.59 bits per heavy atom. The van der Waals surface area contributed by atoms with Crippen LogP contribution in [0.4, 0.5) is 5.69 Å². The molecule has 1 aromatic heterocycles. The molecule has 0 saturated carbocycles. The quantitative estimate of drug-likeness (QED) is 0.873. The Kier molecular flexibility index (Phi) is 4.09. The number of hydrogen-bond donors (Lipinski definition) is 0. The van der Waals surface area contributed by atoms with Crippen molar-refractivity contribution in [2.75, 3.05) is 25.5 Å². The van der Waals surface area contributed by atoms with Crippen molar-refractivity contribution in [3.05, 3.63) is 59.9 Å². The van der Waals surface area contributed by atoms with Crippen LogP contribution in [0.15, 0.2) is 48.7 Å². The number of anilines is 1. The number of amides is 1. The van der Waals surface area contributed by atoms with E-state index in [1.807, 2.05) is 66.4 Å². The Balaban J connectivity index is 1.81. The second-order valence-electron chi connectivity index (χ2n) is 5.85. The average Bonchev–Trinajstić information content (AvgIpc) is 3.04. The predicted molar refractivity (Wildman–Crippen MR) is 88.0 cm³/mol. The van der Waals surface area contributed by atoms with Crippen molar-refractivity contribution >= 4 is 11.6 Å². The van der Waals surface area contributed by atoms with Gasteiger partial charge in [0.25, 0.3) is 5.91 Å². The molecule has 22 heavy (non-hydrogen) atoms.